The van der Waals surface area contributed by atoms with Gasteiger partial charge in [-0.2, -0.15) is 5.26 Å². The molecule has 40 heavy (non-hydrogen) atoms. The predicted octanol–water partition coefficient (Wildman–Crippen LogP) is 6.47. The minimum atomic E-state index is 0.0845. The third-order valence-corrected chi connectivity index (χ3v) is 8.24. The molecule has 0 aliphatic carbocycles. The fourth-order valence-corrected chi connectivity index (χ4v) is 5.96. The largest absolute Gasteiger partial charge is 0.489 e. The molecule has 4 heterocycles. The Bertz CT molecular complexity index is 1450. The molecule has 2 fully saturated rings. The minimum absolute atomic E-state index is 0.0845. The summed E-state index contributed by atoms with van der Waals surface area (Å²) >= 11 is 1.64. The molecule has 0 spiro atoms. The molecular weight excluding hydrogens is 518 g/mol. The highest BCUT2D eigenvalue weighted by Gasteiger charge is 2.21. The number of fused-ring (bicyclic) bond motifs is 1. The zero-order valence-electron chi connectivity index (χ0n) is 23.5. The molecule has 2 aromatic carbocycles. The molecule has 2 aliphatic rings. The molecule has 2 aromatic heterocycles. The molecule has 0 radical (unpaired) electrons. The SMILES string of the molecule is CC.CN1CCN(c2cnc3c(c2)c(-c2ccc(OC4CCOCC4)c(C#N)c2)cn3Sc2ccccc2)CC1. The molecule has 0 atom stereocenters. The quantitative estimate of drug-likeness (QED) is 0.270. The van der Waals surface area contributed by atoms with Gasteiger partial charge >= 0.3 is 0 Å². The maximum absolute atomic E-state index is 9.98. The number of nitrogens with zero attached hydrogens (tertiary/aromatic N) is 5. The number of anilines is 1. The Morgan fingerprint density at radius 2 is 1.75 bits per heavy atom. The lowest BCUT2D eigenvalue weighted by atomic mass is 10.0. The molecule has 0 unspecified atom stereocenters. The van der Waals surface area contributed by atoms with Crippen LogP contribution in [0.4, 0.5) is 5.69 Å². The number of aromatic nitrogens is 2. The number of piperazine rings is 1. The van der Waals surface area contributed by atoms with Gasteiger partial charge < -0.3 is 19.3 Å². The maximum atomic E-state index is 9.98. The van der Waals surface area contributed by atoms with Crippen LogP contribution < -0.4 is 9.64 Å². The van der Waals surface area contributed by atoms with Crippen LogP contribution in [-0.2, 0) is 4.74 Å². The van der Waals surface area contributed by atoms with Crippen LogP contribution in [-0.4, -0.2) is 66.4 Å². The summed E-state index contributed by atoms with van der Waals surface area (Å²) in [7, 11) is 2.17. The van der Waals surface area contributed by atoms with Crippen molar-refractivity contribution in [2.24, 2.45) is 0 Å². The van der Waals surface area contributed by atoms with Crippen LogP contribution in [0, 0.1) is 11.3 Å². The first kappa shape index (κ1) is 28.0. The number of likely N-dealkylation sites (N-methyl/N-ethyl adjacent to an activating group) is 1. The van der Waals surface area contributed by atoms with E-state index >= 15 is 0 Å². The van der Waals surface area contributed by atoms with E-state index in [1.807, 2.05) is 50.4 Å². The Balaban J connectivity index is 0.00000158. The topological polar surface area (TPSA) is 66.5 Å². The Morgan fingerprint density at radius 3 is 2.48 bits per heavy atom. The third kappa shape index (κ3) is 6.28. The maximum Gasteiger partial charge on any atom is 0.150 e. The molecule has 2 saturated heterocycles. The monoisotopic (exact) mass is 555 g/mol. The molecule has 8 heteroatoms. The number of hydrogen-bond acceptors (Lipinski definition) is 7. The van der Waals surface area contributed by atoms with Crippen molar-refractivity contribution in [1.29, 1.82) is 5.26 Å². The number of benzene rings is 2. The Hall–Kier alpha value is -3.51. The number of nitriles is 1. The van der Waals surface area contributed by atoms with Crippen LogP contribution in [0.5, 0.6) is 5.75 Å². The standard InChI is InChI=1S/C30H31N5O2S.C2H6/c1-33-11-13-34(14-12-33)24-18-27-28(21-35(30(27)32-20-24)38-26-5-3-2-4-6-26)22-7-8-29(23(17-22)19-31)37-25-9-15-36-16-10-25;1-2/h2-8,17-18,20-21,25H,9-16H2,1H3;1-2H3. The summed E-state index contributed by atoms with van der Waals surface area (Å²) in [5, 5.41) is 11.1. The van der Waals surface area contributed by atoms with Crippen LogP contribution >= 0.6 is 11.9 Å². The first-order valence-electron chi connectivity index (χ1n) is 14.1. The second kappa shape index (κ2) is 13.2. The predicted molar refractivity (Wildman–Crippen MR) is 163 cm³/mol. The summed E-state index contributed by atoms with van der Waals surface area (Å²) in [5.41, 5.74) is 4.63. The van der Waals surface area contributed by atoms with E-state index in [0.29, 0.717) is 24.5 Å². The van der Waals surface area contributed by atoms with Gasteiger partial charge in [0.05, 0.1) is 30.7 Å². The van der Waals surface area contributed by atoms with Gasteiger partial charge in [0.15, 0.2) is 5.65 Å². The number of hydrogen-bond donors (Lipinski definition) is 0. The minimum Gasteiger partial charge on any atom is -0.489 e. The Labute approximate surface area is 241 Å². The van der Waals surface area contributed by atoms with E-state index in [4.69, 9.17) is 14.5 Å². The lowest BCUT2D eigenvalue weighted by molar-refractivity contribution is 0.0254. The number of rotatable bonds is 6. The van der Waals surface area contributed by atoms with Gasteiger partial charge in [0.25, 0.3) is 0 Å². The third-order valence-electron chi connectivity index (χ3n) is 7.29. The van der Waals surface area contributed by atoms with Gasteiger partial charge in [0.1, 0.15) is 17.9 Å². The second-order valence-electron chi connectivity index (χ2n) is 9.88. The van der Waals surface area contributed by atoms with Crippen molar-refractivity contribution >= 4 is 28.7 Å². The fourth-order valence-electron chi connectivity index (χ4n) is 5.06. The van der Waals surface area contributed by atoms with Gasteiger partial charge in [0, 0.05) is 61.1 Å². The summed E-state index contributed by atoms with van der Waals surface area (Å²) in [6, 6.07) is 20.9. The molecule has 208 valence electrons. The molecule has 0 amide bonds. The van der Waals surface area contributed by atoms with Crippen molar-refractivity contribution in [3.8, 4) is 22.9 Å². The molecule has 2 aliphatic heterocycles. The van der Waals surface area contributed by atoms with Gasteiger partial charge in [0.2, 0.25) is 0 Å². The zero-order valence-corrected chi connectivity index (χ0v) is 24.4. The van der Waals surface area contributed by atoms with Gasteiger partial charge in [-0.25, -0.2) is 4.98 Å². The molecule has 6 rings (SSSR count). The van der Waals surface area contributed by atoms with Gasteiger partial charge in [-0.15, -0.1) is 0 Å². The lowest BCUT2D eigenvalue weighted by Crippen LogP contribution is -2.44. The summed E-state index contributed by atoms with van der Waals surface area (Å²) < 4.78 is 13.8. The van der Waals surface area contributed by atoms with Crippen molar-refractivity contribution in [2.45, 2.75) is 37.7 Å². The molecule has 7 nitrogen and oxygen atoms in total. The van der Waals surface area contributed by atoms with E-state index < -0.39 is 0 Å². The lowest BCUT2D eigenvalue weighted by Gasteiger charge is -2.33. The molecule has 0 N–H and O–H groups in total. The first-order chi connectivity index (χ1) is 19.7. The highest BCUT2D eigenvalue weighted by Crippen LogP contribution is 2.38. The van der Waals surface area contributed by atoms with Crippen molar-refractivity contribution in [2.75, 3.05) is 51.3 Å². The van der Waals surface area contributed by atoms with Crippen molar-refractivity contribution in [3.63, 3.8) is 0 Å². The second-order valence-corrected chi connectivity index (χ2v) is 10.9. The summed E-state index contributed by atoms with van der Waals surface area (Å²) in [6.45, 7) is 9.44. The zero-order chi connectivity index (χ0) is 27.9. The van der Waals surface area contributed by atoms with Gasteiger partial charge in [-0.1, -0.05) is 38.1 Å². The van der Waals surface area contributed by atoms with Crippen molar-refractivity contribution in [3.05, 3.63) is 72.6 Å². The molecule has 0 saturated carbocycles. The van der Waals surface area contributed by atoms with Crippen LogP contribution in [0.1, 0.15) is 32.3 Å². The molecule has 0 bridgehead atoms. The average Bonchev–Trinajstić information content (AvgIpc) is 3.37. The van der Waals surface area contributed by atoms with Gasteiger partial charge in [-0.05, 0) is 54.9 Å². The van der Waals surface area contributed by atoms with Crippen molar-refractivity contribution in [1.82, 2.24) is 13.9 Å². The Kier molecular flexibility index (Phi) is 9.27. The van der Waals surface area contributed by atoms with Crippen LogP contribution in [0.25, 0.3) is 22.2 Å². The highest BCUT2D eigenvalue weighted by atomic mass is 32.2. The first-order valence-corrected chi connectivity index (χ1v) is 14.9. The molecule has 4 aromatic rings. The summed E-state index contributed by atoms with van der Waals surface area (Å²) in [6.07, 6.45) is 5.90. The number of ether oxygens (including phenoxy) is 2. The van der Waals surface area contributed by atoms with Crippen LogP contribution in [0.2, 0.25) is 0 Å². The smallest absolute Gasteiger partial charge is 0.150 e. The number of pyridine rings is 1. The summed E-state index contributed by atoms with van der Waals surface area (Å²) in [4.78, 5) is 10.8. The van der Waals surface area contributed by atoms with E-state index in [1.165, 1.54) is 0 Å². The van der Waals surface area contributed by atoms with Gasteiger partial charge in [-0.3, -0.25) is 3.97 Å². The average molecular weight is 556 g/mol. The van der Waals surface area contributed by atoms with Crippen LogP contribution in [0.3, 0.4) is 0 Å². The van der Waals surface area contributed by atoms with E-state index in [1.54, 1.807) is 11.9 Å². The summed E-state index contributed by atoms with van der Waals surface area (Å²) in [5.74, 6) is 0.641. The van der Waals surface area contributed by atoms with E-state index in [2.05, 4.69) is 57.4 Å². The Morgan fingerprint density at radius 1 is 1.00 bits per heavy atom. The van der Waals surface area contributed by atoms with E-state index in [0.717, 1.165) is 71.8 Å². The highest BCUT2D eigenvalue weighted by molar-refractivity contribution is 7.98. The van der Waals surface area contributed by atoms with Crippen molar-refractivity contribution < 1.29 is 9.47 Å². The normalized spacial score (nSPS) is 16.3. The van der Waals surface area contributed by atoms with E-state index in [9.17, 15) is 5.26 Å². The molecular formula is C32H37N5O2S. The fraction of sp³-hybridized carbons (Fsp3) is 0.375. The van der Waals surface area contributed by atoms with E-state index in [-0.39, 0.29) is 6.10 Å². The van der Waals surface area contributed by atoms with Crippen LogP contribution in [0.15, 0.2) is 71.9 Å².